The normalized spacial score (nSPS) is 22.6. The molecule has 106 valence electrons. The van der Waals surface area contributed by atoms with Gasteiger partial charge in [-0.25, -0.2) is 0 Å². The van der Waals surface area contributed by atoms with Crippen molar-refractivity contribution in [3.63, 3.8) is 0 Å². The summed E-state index contributed by atoms with van der Waals surface area (Å²) in [5.41, 5.74) is 2.91. The molecule has 0 amide bonds. The van der Waals surface area contributed by atoms with E-state index in [9.17, 15) is 4.79 Å². The Kier molecular flexibility index (Phi) is 3.63. The van der Waals surface area contributed by atoms with E-state index in [2.05, 4.69) is 34.6 Å². The van der Waals surface area contributed by atoms with Gasteiger partial charge in [-0.3, -0.25) is 15.0 Å². The van der Waals surface area contributed by atoms with Gasteiger partial charge in [0.25, 0.3) is 5.56 Å². The minimum atomic E-state index is -0.0987. The zero-order valence-electron chi connectivity index (χ0n) is 11.8. The maximum atomic E-state index is 11.1. The van der Waals surface area contributed by atoms with Gasteiger partial charge >= 0.3 is 0 Å². The first-order chi connectivity index (χ1) is 9.70. The highest BCUT2D eigenvalue weighted by molar-refractivity contribution is 5.62. The van der Waals surface area contributed by atoms with Gasteiger partial charge in [0.05, 0.1) is 5.69 Å². The van der Waals surface area contributed by atoms with Crippen molar-refractivity contribution < 1.29 is 0 Å². The van der Waals surface area contributed by atoms with Gasteiger partial charge in [0.2, 0.25) is 0 Å². The molecule has 4 nitrogen and oxygen atoms in total. The van der Waals surface area contributed by atoms with Crippen LogP contribution in [0.3, 0.4) is 0 Å². The van der Waals surface area contributed by atoms with E-state index >= 15 is 0 Å². The number of aromatic amines is 2. The van der Waals surface area contributed by atoms with Crippen molar-refractivity contribution in [2.75, 3.05) is 5.32 Å². The fourth-order valence-electron chi connectivity index (χ4n) is 3.03. The lowest BCUT2D eigenvalue weighted by molar-refractivity contribution is 0.358. The molecule has 1 heterocycles. The van der Waals surface area contributed by atoms with Crippen LogP contribution in [0.2, 0.25) is 0 Å². The summed E-state index contributed by atoms with van der Waals surface area (Å²) in [6, 6.07) is 10.4. The quantitative estimate of drug-likeness (QED) is 0.801. The van der Waals surface area contributed by atoms with Crippen LogP contribution in [0.5, 0.6) is 0 Å². The van der Waals surface area contributed by atoms with Gasteiger partial charge < -0.3 is 5.32 Å². The molecule has 1 aromatic carbocycles. The van der Waals surface area contributed by atoms with Gasteiger partial charge in [-0.05, 0) is 36.5 Å². The molecule has 0 radical (unpaired) electrons. The number of anilines is 1. The van der Waals surface area contributed by atoms with Crippen LogP contribution >= 0.6 is 0 Å². The topological polar surface area (TPSA) is 60.7 Å². The fourth-order valence-corrected chi connectivity index (χ4v) is 3.03. The van der Waals surface area contributed by atoms with Crippen LogP contribution in [0.1, 0.15) is 32.6 Å². The third kappa shape index (κ3) is 2.95. The maximum absolute atomic E-state index is 11.1. The molecule has 3 N–H and O–H groups in total. The fraction of sp³-hybridized carbons (Fsp3) is 0.438. The van der Waals surface area contributed by atoms with E-state index in [-0.39, 0.29) is 5.56 Å². The highest BCUT2D eigenvalue weighted by Crippen LogP contribution is 2.27. The maximum Gasteiger partial charge on any atom is 0.264 e. The minimum Gasteiger partial charge on any atom is -0.382 e. The predicted molar refractivity (Wildman–Crippen MR) is 81.9 cm³/mol. The van der Waals surface area contributed by atoms with Gasteiger partial charge in [0.1, 0.15) is 0 Å². The molecular formula is C16H21N3O. The average Bonchev–Trinajstić information content (AvgIpc) is 2.86. The van der Waals surface area contributed by atoms with Gasteiger partial charge in [-0.2, -0.15) is 0 Å². The molecule has 0 spiro atoms. The van der Waals surface area contributed by atoms with Crippen LogP contribution in [-0.2, 0) is 0 Å². The summed E-state index contributed by atoms with van der Waals surface area (Å²) in [7, 11) is 0. The Morgan fingerprint density at radius 1 is 1.15 bits per heavy atom. The van der Waals surface area contributed by atoms with Crippen molar-refractivity contribution in [1.29, 1.82) is 0 Å². The molecule has 2 unspecified atom stereocenters. The number of hydrogen-bond acceptors (Lipinski definition) is 2. The second-order valence-corrected chi connectivity index (χ2v) is 5.86. The Labute approximate surface area is 118 Å². The molecule has 0 aliphatic heterocycles. The van der Waals surface area contributed by atoms with E-state index in [0.717, 1.165) is 22.9 Å². The molecule has 4 heteroatoms. The van der Waals surface area contributed by atoms with Gasteiger partial charge in [0, 0.05) is 17.8 Å². The van der Waals surface area contributed by atoms with E-state index in [1.54, 1.807) is 6.07 Å². The summed E-state index contributed by atoms with van der Waals surface area (Å²) in [4.78, 5) is 11.1. The highest BCUT2D eigenvalue weighted by Gasteiger charge is 2.18. The molecule has 1 aliphatic rings. The molecule has 1 aromatic heterocycles. The van der Waals surface area contributed by atoms with E-state index < -0.39 is 0 Å². The number of aromatic nitrogens is 2. The predicted octanol–water partition coefficient (Wildman–Crippen LogP) is 3.36. The Hall–Kier alpha value is -1.97. The van der Waals surface area contributed by atoms with E-state index in [0.29, 0.717) is 6.04 Å². The van der Waals surface area contributed by atoms with Crippen LogP contribution < -0.4 is 10.9 Å². The Morgan fingerprint density at radius 3 is 2.60 bits per heavy atom. The molecule has 20 heavy (non-hydrogen) atoms. The first-order valence-electron chi connectivity index (χ1n) is 7.35. The lowest BCUT2D eigenvalue weighted by Crippen LogP contribution is -2.26. The van der Waals surface area contributed by atoms with Crippen molar-refractivity contribution in [1.82, 2.24) is 10.2 Å². The zero-order valence-corrected chi connectivity index (χ0v) is 11.8. The van der Waals surface area contributed by atoms with Crippen LogP contribution in [0, 0.1) is 5.92 Å². The second kappa shape index (κ2) is 5.57. The van der Waals surface area contributed by atoms with Crippen molar-refractivity contribution >= 4 is 5.69 Å². The lowest BCUT2D eigenvalue weighted by Gasteiger charge is -2.28. The largest absolute Gasteiger partial charge is 0.382 e. The molecule has 0 bridgehead atoms. The zero-order chi connectivity index (χ0) is 13.9. The van der Waals surface area contributed by atoms with Crippen molar-refractivity contribution in [2.24, 2.45) is 5.92 Å². The van der Waals surface area contributed by atoms with Crippen LogP contribution in [-0.4, -0.2) is 16.2 Å². The third-order valence-corrected chi connectivity index (χ3v) is 4.10. The number of nitrogens with one attached hydrogen (secondary N) is 3. The van der Waals surface area contributed by atoms with Crippen molar-refractivity contribution in [2.45, 2.75) is 38.6 Å². The summed E-state index contributed by atoms with van der Waals surface area (Å²) >= 11 is 0. The first kappa shape index (κ1) is 13.0. The molecule has 3 rings (SSSR count). The van der Waals surface area contributed by atoms with E-state index in [1.807, 2.05) is 12.1 Å². The molecular weight excluding hydrogens is 250 g/mol. The average molecular weight is 271 g/mol. The van der Waals surface area contributed by atoms with Crippen LogP contribution in [0.4, 0.5) is 5.69 Å². The molecule has 2 aromatic rings. The Balaban J connectivity index is 1.68. The summed E-state index contributed by atoms with van der Waals surface area (Å²) in [6.45, 7) is 2.33. The van der Waals surface area contributed by atoms with Crippen molar-refractivity contribution in [3.05, 3.63) is 40.7 Å². The summed E-state index contributed by atoms with van der Waals surface area (Å²) < 4.78 is 0. The van der Waals surface area contributed by atoms with E-state index in [4.69, 9.17) is 0 Å². The monoisotopic (exact) mass is 271 g/mol. The van der Waals surface area contributed by atoms with Crippen LogP contribution in [0.15, 0.2) is 35.1 Å². The molecule has 1 aliphatic carbocycles. The summed E-state index contributed by atoms with van der Waals surface area (Å²) in [6.07, 6.45) is 5.20. The number of rotatable bonds is 3. The SMILES string of the molecule is CC1CCCC(Nc2ccc(-c3cc(=O)[nH][nH]3)cc2)C1. The Morgan fingerprint density at radius 2 is 1.95 bits per heavy atom. The van der Waals surface area contributed by atoms with Crippen LogP contribution in [0.25, 0.3) is 11.3 Å². The van der Waals surface area contributed by atoms with Gasteiger partial charge in [-0.1, -0.05) is 31.9 Å². The second-order valence-electron chi connectivity index (χ2n) is 5.86. The molecule has 0 saturated heterocycles. The molecule has 1 fully saturated rings. The molecule has 2 atom stereocenters. The van der Waals surface area contributed by atoms with E-state index in [1.165, 1.54) is 25.7 Å². The van der Waals surface area contributed by atoms with Gasteiger partial charge in [-0.15, -0.1) is 0 Å². The lowest BCUT2D eigenvalue weighted by atomic mass is 9.87. The van der Waals surface area contributed by atoms with Crippen molar-refractivity contribution in [3.8, 4) is 11.3 Å². The standard InChI is InChI=1S/C16H21N3O/c1-11-3-2-4-14(9-11)17-13-7-5-12(6-8-13)15-10-16(20)19-18-15/h5-8,10-11,14,17H,2-4,9H2,1H3,(H2,18,19,20). The number of benzene rings is 1. The third-order valence-electron chi connectivity index (χ3n) is 4.10. The number of H-pyrrole nitrogens is 2. The molecule has 1 saturated carbocycles. The highest BCUT2D eigenvalue weighted by atomic mass is 16.1. The first-order valence-corrected chi connectivity index (χ1v) is 7.35. The number of hydrogen-bond donors (Lipinski definition) is 3. The Bertz CT molecular complexity index is 611. The summed E-state index contributed by atoms with van der Waals surface area (Å²) in [5, 5.41) is 9.04. The summed E-state index contributed by atoms with van der Waals surface area (Å²) in [5.74, 6) is 0.824. The minimum absolute atomic E-state index is 0.0987. The van der Waals surface area contributed by atoms with Gasteiger partial charge in [0.15, 0.2) is 0 Å². The smallest absolute Gasteiger partial charge is 0.264 e.